The maximum Gasteiger partial charge on any atom is 0.261 e. The summed E-state index contributed by atoms with van der Waals surface area (Å²) in [7, 11) is -0.0526. The molecule has 1 aromatic heterocycles. The van der Waals surface area contributed by atoms with Crippen molar-refractivity contribution < 1.29 is 17.6 Å². The molecule has 7 nitrogen and oxygen atoms in total. The van der Waals surface area contributed by atoms with Crippen molar-refractivity contribution in [1.29, 1.82) is 0 Å². The molecule has 12 heteroatoms. The van der Waals surface area contributed by atoms with Gasteiger partial charge in [-0.3, -0.25) is 14.4 Å². The fraction of sp³-hybridized carbons (Fsp3) is 0.200. The third-order valence-corrected chi connectivity index (χ3v) is 8.03. The number of aromatic nitrogens is 1. The van der Waals surface area contributed by atoms with Crippen LogP contribution >= 0.6 is 35.3 Å². The number of nitrogens with zero attached hydrogens (tertiary/aromatic N) is 3. The number of thiazole rings is 1. The molecule has 0 unspecified atom stereocenters. The van der Waals surface area contributed by atoms with Crippen LogP contribution in [0.25, 0.3) is 10.2 Å². The summed E-state index contributed by atoms with van der Waals surface area (Å²) in [5.41, 5.74) is 2.39. The second kappa shape index (κ2) is 11.7. The minimum Gasteiger partial charge on any atom is -0.308 e. The van der Waals surface area contributed by atoms with Crippen LogP contribution in [-0.2, 0) is 10.0 Å². The molecule has 1 heterocycles. The van der Waals surface area contributed by atoms with E-state index < -0.39 is 15.8 Å². The second-order valence-electron chi connectivity index (χ2n) is 8.46. The average Bonchev–Trinajstić information content (AvgIpc) is 3.23. The first-order chi connectivity index (χ1) is 17.0. The Morgan fingerprint density at radius 3 is 2.32 bits per heavy atom. The molecule has 0 fully saturated rings. The van der Waals surface area contributed by atoms with E-state index >= 15 is 0 Å². The van der Waals surface area contributed by atoms with Gasteiger partial charge in [-0.25, -0.2) is 17.8 Å². The highest BCUT2D eigenvalue weighted by Crippen LogP contribution is 2.33. The Hall–Kier alpha value is -2.76. The maximum atomic E-state index is 13.5. The van der Waals surface area contributed by atoms with Crippen LogP contribution in [0.1, 0.15) is 15.9 Å². The molecule has 0 saturated carbocycles. The second-order valence-corrected chi connectivity index (χ2v) is 11.6. The van der Waals surface area contributed by atoms with Crippen LogP contribution in [0, 0.1) is 12.7 Å². The van der Waals surface area contributed by atoms with Crippen molar-refractivity contribution in [3.05, 3.63) is 82.6 Å². The summed E-state index contributed by atoms with van der Waals surface area (Å²) >= 11 is 7.60. The molecule has 3 aromatic carbocycles. The number of fused-ring (bicyclic) bond motifs is 1. The number of anilines is 2. The number of halogens is 3. The topological polar surface area (TPSA) is 82.6 Å². The highest BCUT2D eigenvalue weighted by molar-refractivity contribution is 7.92. The van der Waals surface area contributed by atoms with E-state index in [1.807, 2.05) is 38.1 Å². The van der Waals surface area contributed by atoms with Crippen LogP contribution in [0.4, 0.5) is 15.2 Å². The van der Waals surface area contributed by atoms with Crippen molar-refractivity contribution in [2.45, 2.75) is 11.8 Å². The first-order valence-electron chi connectivity index (χ1n) is 11.0. The maximum absolute atomic E-state index is 13.5. The van der Waals surface area contributed by atoms with Gasteiger partial charge in [0.2, 0.25) is 0 Å². The molecule has 1 N–H and O–H groups in total. The molecule has 4 aromatic rings. The van der Waals surface area contributed by atoms with Crippen LogP contribution < -0.4 is 9.62 Å². The van der Waals surface area contributed by atoms with E-state index in [0.29, 0.717) is 28.8 Å². The average molecular weight is 584 g/mol. The Balaban J connectivity index is 0.00000380. The Bertz CT molecular complexity index is 1510. The van der Waals surface area contributed by atoms with Gasteiger partial charge in [-0.05, 0) is 87.2 Å². The Labute approximate surface area is 230 Å². The molecular formula is C25H25Cl2FN4O3S2. The number of amides is 1. The lowest BCUT2D eigenvalue weighted by molar-refractivity contribution is 0.0985. The molecular weight excluding hydrogens is 558 g/mol. The third-order valence-electron chi connectivity index (χ3n) is 5.39. The number of benzene rings is 3. The smallest absolute Gasteiger partial charge is 0.261 e. The van der Waals surface area contributed by atoms with Gasteiger partial charge in [0.05, 0.1) is 15.1 Å². The van der Waals surface area contributed by atoms with E-state index in [1.54, 1.807) is 17.0 Å². The zero-order valence-electron chi connectivity index (χ0n) is 20.2. The molecule has 0 aliphatic heterocycles. The van der Waals surface area contributed by atoms with Crippen LogP contribution in [0.5, 0.6) is 0 Å². The molecule has 0 bridgehead atoms. The molecule has 0 radical (unpaired) electrons. The number of sulfonamides is 1. The highest BCUT2D eigenvalue weighted by Gasteiger charge is 2.22. The fourth-order valence-corrected chi connectivity index (χ4v) is 6.01. The molecule has 0 spiro atoms. The molecule has 0 aliphatic carbocycles. The Morgan fingerprint density at radius 2 is 1.70 bits per heavy atom. The molecule has 4 rings (SSSR count). The Kier molecular flexibility index (Phi) is 9.14. The number of hydrogen-bond donors (Lipinski definition) is 1. The summed E-state index contributed by atoms with van der Waals surface area (Å²) in [5, 5.41) is 1.17. The summed E-state index contributed by atoms with van der Waals surface area (Å²) in [5.74, 6) is -0.783. The van der Waals surface area contributed by atoms with E-state index in [4.69, 9.17) is 16.6 Å². The van der Waals surface area contributed by atoms with Gasteiger partial charge in [0.15, 0.2) is 5.13 Å². The van der Waals surface area contributed by atoms with Crippen molar-refractivity contribution in [3.63, 3.8) is 0 Å². The van der Waals surface area contributed by atoms with Crippen LogP contribution in [0.2, 0.25) is 5.02 Å². The predicted octanol–water partition coefficient (Wildman–Crippen LogP) is 5.83. The summed E-state index contributed by atoms with van der Waals surface area (Å²) in [4.78, 5) is 21.8. The van der Waals surface area contributed by atoms with Crippen molar-refractivity contribution in [3.8, 4) is 0 Å². The summed E-state index contributed by atoms with van der Waals surface area (Å²) < 4.78 is 41.6. The van der Waals surface area contributed by atoms with E-state index in [1.165, 1.54) is 35.6 Å². The van der Waals surface area contributed by atoms with Gasteiger partial charge < -0.3 is 4.90 Å². The standard InChI is InChI=1S/C25H24ClFN4O3S2.ClH/c1-16-14-18(26)15-22-23(16)28-25(35-22)31(13-12-30(2)3)24(32)17-4-8-20(9-5-17)29-36(33,34)21-10-6-19(27)7-11-21;/h4-11,14-15,29H,12-13H2,1-3H3;1H. The molecule has 196 valence electrons. The quantitative estimate of drug-likeness (QED) is 0.282. The zero-order valence-corrected chi connectivity index (χ0v) is 23.4. The molecule has 1 amide bonds. The van der Waals surface area contributed by atoms with Crippen molar-refractivity contribution in [1.82, 2.24) is 9.88 Å². The van der Waals surface area contributed by atoms with Gasteiger partial charge in [0, 0.05) is 29.4 Å². The number of hydrogen-bond acceptors (Lipinski definition) is 6. The number of aryl methyl sites for hydroxylation is 1. The fourth-order valence-electron chi connectivity index (χ4n) is 3.51. The van der Waals surface area contributed by atoms with Crippen LogP contribution in [0.15, 0.2) is 65.6 Å². The van der Waals surface area contributed by atoms with E-state index in [0.717, 1.165) is 27.9 Å². The lowest BCUT2D eigenvalue weighted by Crippen LogP contribution is -2.36. The van der Waals surface area contributed by atoms with Crippen LogP contribution in [-0.4, -0.2) is 51.4 Å². The highest BCUT2D eigenvalue weighted by atomic mass is 35.5. The number of carbonyl (C=O) groups excluding carboxylic acids is 1. The molecule has 0 saturated heterocycles. The van der Waals surface area contributed by atoms with E-state index in [9.17, 15) is 17.6 Å². The van der Waals surface area contributed by atoms with Crippen molar-refractivity contribution in [2.24, 2.45) is 0 Å². The zero-order chi connectivity index (χ0) is 26.0. The van der Waals surface area contributed by atoms with Gasteiger partial charge in [-0.15, -0.1) is 12.4 Å². The minimum absolute atomic E-state index is 0. The number of rotatable bonds is 8. The summed E-state index contributed by atoms with van der Waals surface area (Å²) in [6.07, 6.45) is 0. The van der Waals surface area contributed by atoms with Gasteiger partial charge in [-0.2, -0.15) is 0 Å². The molecule has 0 aliphatic rings. The lowest BCUT2D eigenvalue weighted by atomic mass is 10.2. The summed E-state index contributed by atoms with van der Waals surface area (Å²) in [6, 6.07) is 14.3. The largest absolute Gasteiger partial charge is 0.308 e. The van der Waals surface area contributed by atoms with Gasteiger partial charge in [0.25, 0.3) is 15.9 Å². The third kappa shape index (κ3) is 6.77. The first-order valence-corrected chi connectivity index (χ1v) is 13.6. The number of likely N-dealkylation sites (N-methyl/N-ethyl adjacent to an activating group) is 1. The number of nitrogens with one attached hydrogen (secondary N) is 1. The van der Waals surface area contributed by atoms with E-state index in [2.05, 4.69) is 4.72 Å². The predicted molar refractivity (Wildman–Crippen MR) is 150 cm³/mol. The van der Waals surface area contributed by atoms with Gasteiger partial charge in [0.1, 0.15) is 5.82 Å². The normalized spacial score (nSPS) is 11.4. The van der Waals surface area contributed by atoms with Crippen molar-refractivity contribution >= 4 is 72.3 Å². The van der Waals surface area contributed by atoms with E-state index in [-0.39, 0.29) is 28.9 Å². The van der Waals surface area contributed by atoms with Gasteiger partial charge in [-0.1, -0.05) is 22.9 Å². The lowest BCUT2D eigenvalue weighted by Gasteiger charge is -2.22. The van der Waals surface area contributed by atoms with Crippen LogP contribution in [0.3, 0.4) is 0 Å². The van der Waals surface area contributed by atoms with Gasteiger partial charge >= 0.3 is 0 Å². The van der Waals surface area contributed by atoms with Crippen molar-refractivity contribution in [2.75, 3.05) is 36.8 Å². The monoisotopic (exact) mass is 582 g/mol. The first kappa shape index (κ1) is 28.8. The minimum atomic E-state index is -3.90. The summed E-state index contributed by atoms with van der Waals surface area (Å²) in [6.45, 7) is 2.96. The Morgan fingerprint density at radius 1 is 1.05 bits per heavy atom. The molecule has 0 atom stereocenters. The number of carbonyl (C=O) groups is 1. The molecule has 37 heavy (non-hydrogen) atoms. The SMILES string of the molecule is Cc1cc(Cl)cc2sc(N(CCN(C)C)C(=O)c3ccc(NS(=O)(=O)c4ccc(F)cc4)cc3)nc12.Cl.